The van der Waals surface area contributed by atoms with Crippen LogP contribution >= 0.6 is 11.6 Å². The second-order valence-corrected chi connectivity index (χ2v) is 5.94. The van der Waals surface area contributed by atoms with Crippen molar-refractivity contribution in [2.45, 2.75) is 6.92 Å². The molecule has 0 radical (unpaired) electrons. The largest absolute Gasteiger partial charge is 0.493 e. The Morgan fingerprint density at radius 1 is 1.12 bits per heavy atom. The second kappa shape index (κ2) is 8.62. The van der Waals surface area contributed by atoms with Gasteiger partial charge < -0.3 is 19.1 Å². The highest BCUT2D eigenvalue weighted by atomic mass is 35.5. The molecule has 0 atom stereocenters. The van der Waals surface area contributed by atoms with Crippen molar-refractivity contribution in [3.63, 3.8) is 0 Å². The Balaban J connectivity index is 2.02. The summed E-state index contributed by atoms with van der Waals surface area (Å²) < 4.78 is 16.2. The minimum atomic E-state index is -0.170. The molecule has 0 saturated carbocycles. The van der Waals surface area contributed by atoms with Crippen molar-refractivity contribution in [1.82, 2.24) is 4.90 Å². The minimum absolute atomic E-state index is 0.170. The number of amides is 1. The number of benzene rings is 2. The maximum absolute atomic E-state index is 12.6. The first-order valence-corrected chi connectivity index (χ1v) is 8.21. The van der Waals surface area contributed by atoms with Gasteiger partial charge >= 0.3 is 0 Å². The Kier molecular flexibility index (Phi) is 6.53. The van der Waals surface area contributed by atoms with Crippen LogP contribution in [-0.4, -0.2) is 45.2 Å². The van der Waals surface area contributed by atoms with E-state index in [1.54, 1.807) is 24.1 Å². The molecule has 25 heavy (non-hydrogen) atoms. The molecule has 0 fully saturated rings. The third kappa shape index (κ3) is 4.57. The van der Waals surface area contributed by atoms with Gasteiger partial charge in [0.05, 0.1) is 25.8 Å². The zero-order chi connectivity index (χ0) is 18.4. The quantitative estimate of drug-likeness (QED) is 0.750. The number of carbonyl (C=O) groups excluding carboxylic acids is 1. The highest BCUT2D eigenvalue weighted by Crippen LogP contribution is 2.36. The highest BCUT2D eigenvalue weighted by molar-refractivity contribution is 6.32. The molecule has 0 N–H and O–H groups in total. The number of halogens is 1. The number of hydrogen-bond donors (Lipinski definition) is 0. The molecule has 6 heteroatoms. The molecule has 2 aromatic rings. The lowest BCUT2D eigenvalue weighted by Gasteiger charge is -2.19. The van der Waals surface area contributed by atoms with Crippen molar-refractivity contribution < 1.29 is 19.0 Å². The zero-order valence-corrected chi connectivity index (χ0v) is 15.6. The van der Waals surface area contributed by atoms with Crippen molar-refractivity contribution >= 4 is 17.5 Å². The Hall–Kier alpha value is -2.40. The summed E-state index contributed by atoms with van der Waals surface area (Å²) in [4.78, 5) is 14.2. The minimum Gasteiger partial charge on any atom is -0.493 e. The van der Waals surface area contributed by atoms with Crippen LogP contribution in [-0.2, 0) is 0 Å². The summed E-state index contributed by atoms with van der Waals surface area (Å²) in [7, 11) is 4.72. The summed E-state index contributed by atoms with van der Waals surface area (Å²) in [5, 5.41) is 0.328. The second-order valence-electron chi connectivity index (χ2n) is 5.53. The molecule has 0 unspecified atom stereocenters. The van der Waals surface area contributed by atoms with E-state index < -0.39 is 0 Å². The van der Waals surface area contributed by atoms with Crippen LogP contribution in [0.25, 0.3) is 0 Å². The maximum atomic E-state index is 12.6. The fraction of sp³-hybridized carbons (Fsp3) is 0.316. The highest BCUT2D eigenvalue weighted by Gasteiger charge is 2.18. The summed E-state index contributed by atoms with van der Waals surface area (Å²) >= 11 is 6.16. The molecule has 134 valence electrons. The fourth-order valence-corrected chi connectivity index (χ4v) is 2.66. The smallest absolute Gasteiger partial charge is 0.253 e. The summed E-state index contributed by atoms with van der Waals surface area (Å²) in [5.74, 6) is 1.47. The Labute approximate surface area is 153 Å². The molecule has 5 nitrogen and oxygen atoms in total. The molecule has 0 aliphatic rings. The molecular formula is C19H22ClNO4. The number of methoxy groups -OCH3 is 2. The van der Waals surface area contributed by atoms with Crippen LogP contribution in [0.1, 0.15) is 15.9 Å². The molecular weight excluding hydrogens is 342 g/mol. The number of aryl methyl sites for hydroxylation is 1. The zero-order valence-electron chi connectivity index (χ0n) is 14.8. The van der Waals surface area contributed by atoms with E-state index in [9.17, 15) is 4.79 Å². The maximum Gasteiger partial charge on any atom is 0.253 e. The summed E-state index contributed by atoms with van der Waals surface area (Å²) in [5.41, 5.74) is 1.49. The first-order chi connectivity index (χ1) is 12.0. The topological polar surface area (TPSA) is 48.0 Å². The van der Waals surface area contributed by atoms with Crippen LogP contribution < -0.4 is 14.2 Å². The van der Waals surface area contributed by atoms with Crippen molar-refractivity contribution in [3.8, 4) is 17.2 Å². The normalized spacial score (nSPS) is 10.3. The van der Waals surface area contributed by atoms with Gasteiger partial charge in [0.15, 0.2) is 11.5 Å². The Morgan fingerprint density at radius 3 is 2.48 bits per heavy atom. The van der Waals surface area contributed by atoms with Gasteiger partial charge in [-0.15, -0.1) is 0 Å². The Bertz CT molecular complexity index is 748. The lowest BCUT2D eigenvalue weighted by atomic mass is 10.1. The van der Waals surface area contributed by atoms with Gasteiger partial charge in [0.1, 0.15) is 12.4 Å². The number of ether oxygens (including phenoxy) is 3. The predicted octanol–water partition coefficient (Wildman–Crippen LogP) is 3.82. The SMILES string of the molecule is COc1cc(C(=O)N(C)CCOc2ccccc2C)cc(Cl)c1OC. The molecule has 0 aliphatic heterocycles. The Morgan fingerprint density at radius 2 is 1.84 bits per heavy atom. The van der Waals surface area contributed by atoms with Crippen LogP contribution in [0.2, 0.25) is 5.02 Å². The average Bonchev–Trinajstić information content (AvgIpc) is 2.61. The van der Waals surface area contributed by atoms with E-state index in [1.165, 1.54) is 14.2 Å². The molecule has 0 spiro atoms. The van der Waals surface area contributed by atoms with E-state index in [1.807, 2.05) is 31.2 Å². The number of para-hydroxylation sites is 1. The van der Waals surface area contributed by atoms with E-state index >= 15 is 0 Å². The van der Waals surface area contributed by atoms with Gasteiger partial charge in [0.2, 0.25) is 0 Å². The third-order valence-corrected chi connectivity index (χ3v) is 4.09. The van der Waals surface area contributed by atoms with E-state index in [4.69, 9.17) is 25.8 Å². The molecule has 0 bridgehead atoms. The van der Waals surface area contributed by atoms with Crippen molar-refractivity contribution in [3.05, 3.63) is 52.5 Å². The lowest BCUT2D eigenvalue weighted by Crippen LogP contribution is -2.31. The number of hydrogen-bond acceptors (Lipinski definition) is 4. The van der Waals surface area contributed by atoms with Gasteiger partial charge in [-0.05, 0) is 30.7 Å². The van der Waals surface area contributed by atoms with Crippen molar-refractivity contribution in [2.75, 3.05) is 34.4 Å². The van der Waals surface area contributed by atoms with Gasteiger partial charge in [-0.1, -0.05) is 29.8 Å². The lowest BCUT2D eigenvalue weighted by molar-refractivity contribution is 0.0773. The van der Waals surface area contributed by atoms with Gasteiger partial charge in [-0.3, -0.25) is 4.79 Å². The standard InChI is InChI=1S/C19H22ClNO4/c1-13-7-5-6-8-16(13)25-10-9-21(2)19(22)14-11-15(20)18(24-4)17(12-14)23-3/h5-8,11-12H,9-10H2,1-4H3. The van der Waals surface area contributed by atoms with Crippen molar-refractivity contribution in [2.24, 2.45) is 0 Å². The molecule has 1 amide bonds. The predicted molar refractivity (Wildman–Crippen MR) is 98.2 cm³/mol. The van der Waals surface area contributed by atoms with Crippen molar-refractivity contribution in [1.29, 1.82) is 0 Å². The fourth-order valence-electron chi connectivity index (χ4n) is 2.37. The van der Waals surface area contributed by atoms with Gasteiger partial charge in [-0.2, -0.15) is 0 Å². The van der Waals surface area contributed by atoms with Crippen LogP contribution in [0.3, 0.4) is 0 Å². The number of likely N-dealkylation sites (N-methyl/N-ethyl adjacent to an activating group) is 1. The summed E-state index contributed by atoms with van der Waals surface area (Å²) in [6, 6.07) is 11.0. The number of nitrogens with zero attached hydrogens (tertiary/aromatic N) is 1. The average molecular weight is 364 g/mol. The van der Waals surface area contributed by atoms with E-state index in [-0.39, 0.29) is 5.91 Å². The first-order valence-electron chi connectivity index (χ1n) is 7.83. The number of rotatable bonds is 7. The van der Waals surface area contributed by atoms with Crippen LogP contribution in [0.4, 0.5) is 0 Å². The van der Waals surface area contributed by atoms with Gasteiger partial charge in [0, 0.05) is 12.6 Å². The third-order valence-electron chi connectivity index (χ3n) is 3.81. The van der Waals surface area contributed by atoms with Gasteiger partial charge in [-0.25, -0.2) is 0 Å². The molecule has 0 aliphatic carbocycles. The molecule has 0 saturated heterocycles. The summed E-state index contributed by atoms with van der Waals surface area (Å²) in [6.07, 6.45) is 0. The van der Waals surface area contributed by atoms with Crippen LogP contribution in [0.15, 0.2) is 36.4 Å². The van der Waals surface area contributed by atoms with Crippen LogP contribution in [0, 0.1) is 6.92 Å². The van der Waals surface area contributed by atoms with E-state index in [0.29, 0.717) is 35.2 Å². The molecule has 0 aromatic heterocycles. The van der Waals surface area contributed by atoms with E-state index in [0.717, 1.165) is 11.3 Å². The van der Waals surface area contributed by atoms with Crippen LogP contribution in [0.5, 0.6) is 17.2 Å². The molecule has 0 heterocycles. The number of carbonyl (C=O) groups is 1. The van der Waals surface area contributed by atoms with Gasteiger partial charge in [0.25, 0.3) is 5.91 Å². The first kappa shape index (κ1) is 18.9. The molecule has 2 rings (SSSR count). The summed E-state index contributed by atoms with van der Waals surface area (Å²) in [6.45, 7) is 2.82. The van der Waals surface area contributed by atoms with E-state index in [2.05, 4.69) is 0 Å². The monoisotopic (exact) mass is 363 g/mol. The molecule has 2 aromatic carbocycles.